The Hall–Kier alpha value is -1.89. The molecule has 1 rings (SSSR count). The second-order valence-electron chi connectivity index (χ2n) is 5.52. The second-order valence-corrected chi connectivity index (χ2v) is 6.44. The lowest BCUT2D eigenvalue weighted by atomic mass is 10.2. The molecular formula is C17H23BrN2O4. The van der Waals surface area contributed by atoms with Crippen LogP contribution in [0.15, 0.2) is 22.7 Å². The summed E-state index contributed by atoms with van der Waals surface area (Å²) < 4.78 is 5.82. The number of likely N-dealkylation sites (N-methyl/N-ethyl adjacent to an activating group) is 1. The topological polar surface area (TPSA) is 75.7 Å². The van der Waals surface area contributed by atoms with Gasteiger partial charge in [0.1, 0.15) is 0 Å². The van der Waals surface area contributed by atoms with Crippen molar-refractivity contribution in [2.24, 2.45) is 0 Å². The van der Waals surface area contributed by atoms with Crippen LogP contribution in [0, 0.1) is 6.92 Å². The van der Waals surface area contributed by atoms with E-state index in [0.29, 0.717) is 12.1 Å². The van der Waals surface area contributed by atoms with E-state index in [0.717, 1.165) is 22.9 Å². The molecule has 1 aromatic carbocycles. The summed E-state index contributed by atoms with van der Waals surface area (Å²) in [6.07, 6.45) is 1.92. The summed E-state index contributed by atoms with van der Waals surface area (Å²) in [5.74, 6) is -1.12. The normalized spacial score (nSPS) is 10.2. The molecule has 24 heavy (non-hydrogen) atoms. The molecule has 0 unspecified atom stereocenters. The zero-order chi connectivity index (χ0) is 18.1. The van der Waals surface area contributed by atoms with Gasteiger partial charge in [-0.2, -0.15) is 0 Å². The Kier molecular flexibility index (Phi) is 8.46. The van der Waals surface area contributed by atoms with Crippen LogP contribution in [0.3, 0.4) is 0 Å². The molecule has 0 aliphatic heterocycles. The summed E-state index contributed by atoms with van der Waals surface area (Å²) in [6, 6.07) is 5.50. The SMILES string of the molecule is CCCCC(=O)OCC(=O)N(C)CC(=O)Nc1ccc(Br)cc1C. The van der Waals surface area contributed by atoms with Crippen LogP contribution < -0.4 is 5.32 Å². The third-order valence-electron chi connectivity index (χ3n) is 3.36. The van der Waals surface area contributed by atoms with Crippen molar-refractivity contribution in [3.05, 3.63) is 28.2 Å². The van der Waals surface area contributed by atoms with Crippen molar-refractivity contribution in [1.29, 1.82) is 0 Å². The maximum absolute atomic E-state index is 12.0. The second kappa shape index (κ2) is 10.1. The Bertz CT molecular complexity index is 604. The molecule has 1 aromatic rings. The molecule has 2 amide bonds. The molecule has 0 saturated carbocycles. The number of aryl methyl sites for hydroxylation is 1. The van der Waals surface area contributed by atoms with Crippen molar-refractivity contribution in [2.75, 3.05) is 25.5 Å². The highest BCUT2D eigenvalue weighted by Gasteiger charge is 2.15. The summed E-state index contributed by atoms with van der Waals surface area (Å²) in [5.41, 5.74) is 1.60. The zero-order valence-corrected chi connectivity index (χ0v) is 15.8. The molecule has 0 radical (unpaired) electrons. The smallest absolute Gasteiger partial charge is 0.306 e. The van der Waals surface area contributed by atoms with Gasteiger partial charge in [0.15, 0.2) is 6.61 Å². The van der Waals surface area contributed by atoms with Gasteiger partial charge in [-0.15, -0.1) is 0 Å². The summed E-state index contributed by atoms with van der Waals surface area (Å²) in [6.45, 7) is 3.40. The maximum Gasteiger partial charge on any atom is 0.306 e. The van der Waals surface area contributed by atoms with Gasteiger partial charge in [0.25, 0.3) is 5.91 Å². The number of carbonyl (C=O) groups is 3. The van der Waals surface area contributed by atoms with E-state index in [2.05, 4.69) is 21.2 Å². The van der Waals surface area contributed by atoms with Crippen molar-refractivity contribution in [3.63, 3.8) is 0 Å². The zero-order valence-electron chi connectivity index (χ0n) is 14.2. The molecule has 0 fully saturated rings. The minimum Gasteiger partial charge on any atom is -0.456 e. The van der Waals surface area contributed by atoms with Gasteiger partial charge in [0.05, 0.1) is 6.54 Å². The van der Waals surface area contributed by atoms with Crippen molar-refractivity contribution >= 4 is 39.4 Å². The Morgan fingerprint density at radius 1 is 1.29 bits per heavy atom. The average Bonchev–Trinajstić information content (AvgIpc) is 2.53. The molecule has 0 atom stereocenters. The van der Waals surface area contributed by atoms with Gasteiger partial charge in [-0.05, 0) is 37.1 Å². The fourth-order valence-corrected chi connectivity index (χ4v) is 2.38. The molecule has 0 spiro atoms. The summed E-state index contributed by atoms with van der Waals surface area (Å²) >= 11 is 3.36. The van der Waals surface area contributed by atoms with Gasteiger partial charge >= 0.3 is 5.97 Å². The number of anilines is 1. The van der Waals surface area contributed by atoms with E-state index >= 15 is 0 Å². The van der Waals surface area contributed by atoms with Gasteiger partial charge in [0.2, 0.25) is 5.91 Å². The molecule has 7 heteroatoms. The lowest BCUT2D eigenvalue weighted by molar-refractivity contribution is -0.151. The highest BCUT2D eigenvalue weighted by atomic mass is 79.9. The van der Waals surface area contributed by atoms with E-state index in [-0.39, 0.29) is 19.1 Å². The first kappa shape index (κ1) is 20.2. The molecule has 0 aliphatic carbocycles. The predicted molar refractivity (Wildman–Crippen MR) is 95.6 cm³/mol. The minimum absolute atomic E-state index is 0.110. The third-order valence-corrected chi connectivity index (χ3v) is 3.85. The first-order chi connectivity index (χ1) is 11.3. The number of rotatable bonds is 8. The highest BCUT2D eigenvalue weighted by molar-refractivity contribution is 9.10. The quantitative estimate of drug-likeness (QED) is 0.683. The van der Waals surface area contributed by atoms with Crippen LogP contribution in [0.4, 0.5) is 5.69 Å². The molecule has 1 N–H and O–H groups in total. The number of nitrogens with one attached hydrogen (secondary N) is 1. The summed E-state index contributed by atoms with van der Waals surface area (Å²) in [5, 5.41) is 2.75. The minimum atomic E-state index is -0.414. The van der Waals surface area contributed by atoms with E-state index in [1.165, 1.54) is 11.9 Å². The van der Waals surface area contributed by atoms with Crippen molar-refractivity contribution in [1.82, 2.24) is 4.90 Å². The number of hydrogen-bond donors (Lipinski definition) is 1. The van der Waals surface area contributed by atoms with Crippen LogP contribution in [0.25, 0.3) is 0 Å². The van der Waals surface area contributed by atoms with Gasteiger partial charge in [0, 0.05) is 23.6 Å². The van der Waals surface area contributed by atoms with E-state index in [1.54, 1.807) is 6.07 Å². The Morgan fingerprint density at radius 2 is 2.00 bits per heavy atom. The molecule has 0 aliphatic rings. The number of ether oxygens (including phenoxy) is 1. The van der Waals surface area contributed by atoms with Crippen molar-refractivity contribution in [2.45, 2.75) is 33.1 Å². The van der Waals surface area contributed by atoms with E-state index in [9.17, 15) is 14.4 Å². The Morgan fingerprint density at radius 3 is 2.62 bits per heavy atom. The van der Waals surface area contributed by atoms with E-state index in [1.807, 2.05) is 26.0 Å². The third kappa shape index (κ3) is 7.12. The van der Waals surface area contributed by atoms with Crippen LogP contribution >= 0.6 is 15.9 Å². The number of halogens is 1. The fourth-order valence-electron chi connectivity index (χ4n) is 1.91. The van der Waals surface area contributed by atoms with Gasteiger partial charge in [-0.3, -0.25) is 14.4 Å². The van der Waals surface area contributed by atoms with Crippen LogP contribution in [0.5, 0.6) is 0 Å². The first-order valence-electron chi connectivity index (χ1n) is 7.79. The summed E-state index contributed by atoms with van der Waals surface area (Å²) in [7, 11) is 1.50. The van der Waals surface area contributed by atoms with Crippen molar-refractivity contribution in [3.8, 4) is 0 Å². The molecule has 0 bridgehead atoms. The highest BCUT2D eigenvalue weighted by Crippen LogP contribution is 2.19. The van der Waals surface area contributed by atoms with Crippen LogP contribution in [0.1, 0.15) is 31.7 Å². The molecule has 0 saturated heterocycles. The standard InChI is InChI=1S/C17H23BrN2O4/c1-4-5-6-17(23)24-11-16(22)20(3)10-15(21)19-14-8-7-13(18)9-12(14)2/h7-9H,4-6,10-11H2,1-3H3,(H,19,21). The number of nitrogens with zero attached hydrogens (tertiary/aromatic N) is 1. The van der Waals surface area contributed by atoms with Crippen molar-refractivity contribution < 1.29 is 19.1 Å². The molecule has 6 nitrogen and oxygen atoms in total. The lowest BCUT2D eigenvalue weighted by Crippen LogP contribution is -2.37. The number of esters is 1. The summed E-state index contributed by atoms with van der Waals surface area (Å²) in [4.78, 5) is 36.5. The van der Waals surface area contributed by atoms with Gasteiger partial charge < -0.3 is 15.0 Å². The number of benzene rings is 1. The molecule has 0 aromatic heterocycles. The number of hydrogen-bond acceptors (Lipinski definition) is 4. The molecule has 132 valence electrons. The van der Waals surface area contributed by atoms with Gasteiger partial charge in [-0.25, -0.2) is 0 Å². The van der Waals surface area contributed by atoms with Crippen LogP contribution in [0.2, 0.25) is 0 Å². The lowest BCUT2D eigenvalue weighted by Gasteiger charge is -2.17. The fraction of sp³-hybridized carbons (Fsp3) is 0.471. The maximum atomic E-state index is 12.0. The Labute approximate surface area is 150 Å². The average molecular weight is 399 g/mol. The number of unbranched alkanes of at least 4 members (excludes halogenated alkanes) is 1. The van der Waals surface area contributed by atoms with E-state index in [4.69, 9.17) is 4.74 Å². The van der Waals surface area contributed by atoms with E-state index < -0.39 is 11.9 Å². The van der Waals surface area contributed by atoms with Crippen LogP contribution in [-0.4, -0.2) is 42.9 Å². The largest absolute Gasteiger partial charge is 0.456 e. The van der Waals surface area contributed by atoms with Gasteiger partial charge in [-0.1, -0.05) is 29.3 Å². The first-order valence-corrected chi connectivity index (χ1v) is 8.58. The van der Waals surface area contributed by atoms with Crippen LogP contribution in [-0.2, 0) is 19.1 Å². The number of amides is 2. The number of carbonyl (C=O) groups excluding carboxylic acids is 3. The predicted octanol–water partition coefficient (Wildman–Crippen LogP) is 2.89. The monoisotopic (exact) mass is 398 g/mol. The molecule has 0 heterocycles. The Balaban J connectivity index is 2.42. The molecular weight excluding hydrogens is 376 g/mol.